The summed E-state index contributed by atoms with van der Waals surface area (Å²) in [7, 11) is 1.46. The molecule has 136 valence electrons. The second-order valence-corrected chi connectivity index (χ2v) is 7.13. The number of rotatable bonds is 13. The van der Waals surface area contributed by atoms with Crippen molar-refractivity contribution in [2.45, 2.75) is 103 Å². The molecule has 0 aromatic carbocycles. The van der Waals surface area contributed by atoms with E-state index >= 15 is 0 Å². The fourth-order valence-corrected chi connectivity index (χ4v) is 3.45. The Bertz CT molecular complexity index is 283. The van der Waals surface area contributed by atoms with Crippen molar-refractivity contribution in [1.29, 1.82) is 0 Å². The molecule has 3 heteroatoms. The van der Waals surface area contributed by atoms with Crippen molar-refractivity contribution in [2.24, 2.45) is 5.92 Å². The Hall–Kier alpha value is -0.570. The maximum absolute atomic E-state index is 11.0. The Labute approximate surface area is 143 Å². The third-order valence-electron chi connectivity index (χ3n) is 5.07. The molecule has 3 nitrogen and oxygen atoms in total. The van der Waals surface area contributed by atoms with Gasteiger partial charge in [0.05, 0.1) is 13.2 Å². The quantitative estimate of drug-likeness (QED) is 0.324. The number of unbranched alkanes of at least 4 members (excludes halogenated alkanes) is 7. The van der Waals surface area contributed by atoms with Crippen LogP contribution in [0.15, 0.2) is 0 Å². The van der Waals surface area contributed by atoms with Gasteiger partial charge in [-0.05, 0) is 38.0 Å². The van der Waals surface area contributed by atoms with Crippen molar-refractivity contribution in [3.8, 4) is 0 Å². The topological polar surface area (TPSA) is 35.5 Å². The van der Waals surface area contributed by atoms with E-state index in [1.165, 1.54) is 77.7 Å². The van der Waals surface area contributed by atoms with Gasteiger partial charge in [0.2, 0.25) is 0 Å². The molecule has 0 bridgehead atoms. The molecule has 0 aromatic rings. The average Bonchev–Trinajstić information content (AvgIpc) is 2.58. The summed E-state index contributed by atoms with van der Waals surface area (Å²) < 4.78 is 10.7. The van der Waals surface area contributed by atoms with Gasteiger partial charge in [0.25, 0.3) is 0 Å². The first-order chi connectivity index (χ1) is 11.3. The molecule has 1 heterocycles. The van der Waals surface area contributed by atoms with Crippen molar-refractivity contribution >= 4 is 5.97 Å². The zero-order valence-corrected chi connectivity index (χ0v) is 15.5. The highest BCUT2D eigenvalue weighted by molar-refractivity contribution is 5.68. The van der Waals surface area contributed by atoms with Gasteiger partial charge in [0.15, 0.2) is 0 Å². The van der Waals surface area contributed by atoms with Crippen LogP contribution in [0.5, 0.6) is 0 Å². The second kappa shape index (κ2) is 13.8. The lowest BCUT2D eigenvalue weighted by molar-refractivity contribution is -0.140. The van der Waals surface area contributed by atoms with E-state index in [-0.39, 0.29) is 5.97 Å². The number of esters is 1. The van der Waals surface area contributed by atoms with Gasteiger partial charge >= 0.3 is 5.97 Å². The lowest BCUT2D eigenvalue weighted by Gasteiger charge is -2.29. The van der Waals surface area contributed by atoms with E-state index in [0.29, 0.717) is 12.5 Å². The Morgan fingerprint density at radius 1 is 0.957 bits per heavy atom. The largest absolute Gasteiger partial charge is 0.469 e. The molecule has 0 amide bonds. The van der Waals surface area contributed by atoms with E-state index in [9.17, 15) is 4.79 Å². The van der Waals surface area contributed by atoms with E-state index in [1.807, 2.05) is 0 Å². The summed E-state index contributed by atoms with van der Waals surface area (Å²) in [6, 6.07) is 0. The lowest BCUT2D eigenvalue weighted by Crippen LogP contribution is -2.25. The molecule has 1 aliphatic heterocycles. The summed E-state index contributed by atoms with van der Waals surface area (Å²) in [5.41, 5.74) is 0. The summed E-state index contributed by atoms with van der Waals surface area (Å²) in [6.45, 7) is 3.25. The first kappa shape index (κ1) is 20.5. The molecule has 0 aliphatic carbocycles. The van der Waals surface area contributed by atoms with Gasteiger partial charge in [-0.15, -0.1) is 0 Å². The molecule has 0 saturated carbocycles. The van der Waals surface area contributed by atoms with Crippen LogP contribution < -0.4 is 0 Å². The maximum atomic E-state index is 11.0. The molecule has 1 aliphatic rings. The predicted molar refractivity (Wildman–Crippen MR) is 95.6 cm³/mol. The Balaban J connectivity index is 1.89. The highest BCUT2D eigenvalue weighted by Gasteiger charge is 2.20. The van der Waals surface area contributed by atoms with Crippen LogP contribution in [-0.4, -0.2) is 25.8 Å². The molecule has 0 N–H and O–H groups in total. The van der Waals surface area contributed by atoms with E-state index in [1.54, 1.807) is 0 Å². The fourth-order valence-electron chi connectivity index (χ4n) is 3.45. The van der Waals surface area contributed by atoms with E-state index < -0.39 is 0 Å². The number of carbonyl (C=O) groups is 1. The zero-order valence-electron chi connectivity index (χ0n) is 15.5. The monoisotopic (exact) mass is 326 g/mol. The molecule has 0 unspecified atom stereocenters. The van der Waals surface area contributed by atoms with E-state index in [2.05, 4.69) is 11.7 Å². The van der Waals surface area contributed by atoms with Crippen molar-refractivity contribution < 1.29 is 14.3 Å². The molecule has 2 atom stereocenters. The summed E-state index contributed by atoms with van der Waals surface area (Å²) >= 11 is 0. The van der Waals surface area contributed by atoms with Crippen LogP contribution in [0.3, 0.4) is 0 Å². The zero-order chi connectivity index (χ0) is 16.8. The molecule has 0 radical (unpaired) electrons. The smallest absolute Gasteiger partial charge is 0.305 e. The first-order valence-corrected chi connectivity index (χ1v) is 9.94. The molecule has 1 fully saturated rings. The SMILES string of the molecule is CCCCCC[C@H]1CC[C@H](CCCCCCCC(=O)OC)CO1. The van der Waals surface area contributed by atoms with Gasteiger partial charge in [-0.3, -0.25) is 4.79 Å². The third kappa shape index (κ3) is 10.8. The standard InChI is InChI=1S/C20H38O3/c1-3-4-5-10-13-19-16-15-18(17-23-19)12-9-7-6-8-11-14-20(21)22-2/h18-19H,3-17H2,1-2H3/t18-,19-/m0/s1. The van der Waals surface area contributed by atoms with Crippen LogP contribution in [0.25, 0.3) is 0 Å². The number of ether oxygens (including phenoxy) is 2. The van der Waals surface area contributed by atoms with Crippen LogP contribution in [0, 0.1) is 5.92 Å². The molecule has 1 rings (SSSR count). The number of hydrogen-bond donors (Lipinski definition) is 0. The number of hydrogen-bond acceptors (Lipinski definition) is 3. The summed E-state index contributed by atoms with van der Waals surface area (Å²) in [4.78, 5) is 11.0. The van der Waals surface area contributed by atoms with E-state index in [4.69, 9.17) is 4.74 Å². The molecule has 23 heavy (non-hydrogen) atoms. The highest BCUT2D eigenvalue weighted by Crippen LogP contribution is 2.26. The summed E-state index contributed by atoms with van der Waals surface area (Å²) in [5, 5.41) is 0. The fraction of sp³-hybridized carbons (Fsp3) is 0.950. The average molecular weight is 327 g/mol. The summed E-state index contributed by atoms with van der Waals surface area (Å²) in [5.74, 6) is 0.713. The van der Waals surface area contributed by atoms with Gasteiger partial charge in [0.1, 0.15) is 0 Å². The van der Waals surface area contributed by atoms with Gasteiger partial charge in [-0.2, -0.15) is 0 Å². The normalized spacial score (nSPS) is 21.3. The van der Waals surface area contributed by atoms with Crippen molar-refractivity contribution in [3.05, 3.63) is 0 Å². The van der Waals surface area contributed by atoms with Crippen molar-refractivity contribution in [3.63, 3.8) is 0 Å². The van der Waals surface area contributed by atoms with Gasteiger partial charge in [0, 0.05) is 13.0 Å². The van der Waals surface area contributed by atoms with Crippen LogP contribution in [-0.2, 0) is 14.3 Å². The van der Waals surface area contributed by atoms with Crippen LogP contribution >= 0.6 is 0 Å². The van der Waals surface area contributed by atoms with Gasteiger partial charge in [-0.1, -0.05) is 58.3 Å². The van der Waals surface area contributed by atoms with Crippen molar-refractivity contribution in [1.82, 2.24) is 0 Å². The minimum absolute atomic E-state index is 0.0754. The Morgan fingerprint density at radius 2 is 1.65 bits per heavy atom. The Morgan fingerprint density at radius 3 is 2.35 bits per heavy atom. The number of carbonyl (C=O) groups excluding carboxylic acids is 1. The van der Waals surface area contributed by atoms with Crippen molar-refractivity contribution in [2.75, 3.05) is 13.7 Å². The Kier molecular flexibility index (Phi) is 12.3. The van der Waals surface area contributed by atoms with Gasteiger partial charge in [-0.25, -0.2) is 0 Å². The van der Waals surface area contributed by atoms with Gasteiger partial charge < -0.3 is 9.47 Å². The highest BCUT2D eigenvalue weighted by atomic mass is 16.5. The van der Waals surface area contributed by atoms with Crippen LogP contribution in [0.4, 0.5) is 0 Å². The minimum atomic E-state index is -0.0754. The van der Waals surface area contributed by atoms with Crippen LogP contribution in [0.1, 0.15) is 96.8 Å². The molecule has 1 saturated heterocycles. The minimum Gasteiger partial charge on any atom is -0.469 e. The summed E-state index contributed by atoms with van der Waals surface area (Å²) in [6.07, 6.45) is 17.7. The van der Waals surface area contributed by atoms with E-state index in [0.717, 1.165) is 25.4 Å². The third-order valence-corrected chi connectivity index (χ3v) is 5.07. The molecular weight excluding hydrogens is 288 g/mol. The van der Waals surface area contributed by atoms with Crippen LogP contribution in [0.2, 0.25) is 0 Å². The molecule has 0 spiro atoms. The second-order valence-electron chi connectivity index (χ2n) is 7.13. The molecule has 0 aromatic heterocycles. The maximum Gasteiger partial charge on any atom is 0.305 e. The predicted octanol–water partition coefficient (Wildman–Crippen LogP) is 5.66. The number of methoxy groups -OCH3 is 1. The molecular formula is C20H38O3. The first-order valence-electron chi connectivity index (χ1n) is 9.94. The lowest BCUT2D eigenvalue weighted by atomic mass is 9.91.